The molecule has 9 nitrogen and oxygen atoms in total. The summed E-state index contributed by atoms with van der Waals surface area (Å²) in [4.78, 5) is 41.6. The molecule has 0 spiro atoms. The molecule has 1 aromatic heterocycles. The second-order valence-corrected chi connectivity index (χ2v) is 12.5. The molecule has 1 amide bonds. The second kappa shape index (κ2) is 12.3. The highest BCUT2D eigenvalue weighted by Gasteiger charge is 2.52. The number of hydrogen-bond donors (Lipinski definition) is 2. The van der Waals surface area contributed by atoms with E-state index in [0.29, 0.717) is 21.9 Å². The van der Waals surface area contributed by atoms with Gasteiger partial charge in [-0.1, -0.05) is 60.7 Å². The SMILES string of the molecule is CCOC(=O)c1c[nH]c2ccc(C=C(CNC(=O)OCC3c4ccccc4-c4ccccc43)B3OC(C)(C)C(C)(C)O3)cc2c1=O. The van der Waals surface area contributed by atoms with E-state index in [0.717, 1.165) is 22.3 Å². The van der Waals surface area contributed by atoms with Gasteiger partial charge in [0.25, 0.3) is 0 Å². The number of carbonyl (C=O) groups is 2. The zero-order valence-corrected chi connectivity index (χ0v) is 26.6. The lowest BCUT2D eigenvalue weighted by Crippen LogP contribution is -2.41. The Morgan fingerprint density at radius 2 is 1.57 bits per heavy atom. The smallest absolute Gasteiger partial charge is 0.462 e. The van der Waals surface area contributed by atoms with Crippen LogP contribution in [0.4, 0.5) is 4.79 Å². The van der Waals surface area contributed by atoms with Crippen LogP contribution >= 0.6 is 0 Å². The zero-order chi connectivity index (χ0) is 32.6. The van der Waals surface area contributed by atoms with E-state index in [9.17, 15) is 14.4 Å². The van der Waals surface area contributed by atoms with Crippen molar-refractivity contribution in [1.29, 1.82) is 0 Å². The summed E-state index contributed by atoms with van der Waals surface area (Å²) < 4.78 is 23.5. The predicted octanol–water partition coefficient (Wildman–Crippen LogP) is 6.26. The topological polar surface area (TPSA) is 116 Å². The van der Waals surface area contributed by atoms with Gasteiger partial charge in [-0.2, -0.15) is 0 Å². The van der Waals surface area contributed by atoms with Gasteiger partial charge in [0.2, 0.25) is 5.43 Å². The zero-order valence-electron chi connectivity index (χ0n) is 26.6. The summed E-state index contributed by atoms with van der Waals surface area (Å²) in [7, 11) is -0.765. The largest absolute Gasteiger partial charge is 0.492 e. The lowest BCUT2D eigenvalue weighted by atomic mass is 9.77. The molecule has 3 aromatic carbocycles. The Hall–Kier alpha value is -4.67. The van der Waals surface area contributed by atoms with E-state index in [1.54, 1.807) is 19.1 Å². The second-order valence-electron chi connectivity index (χ2n) is 12.5. The molecule has 0 radical (unpaired) electrons. The molecule has 2 heterocycles. The minimum Gasteiger partial charge on any atom is -0.462 e. The molecule has 10 heteroatoms. The van der Waals surface area contributed by atoms with Gasteiger partial charge in [0.15, 0.2) is 0 Å². The number of rotatable bonds is 8. The lowest BCUT2D eigenvalue weighted by molar-refractivity contribution is 0.00578. The number of aromatic nitrogens is 1. The molecule has 1 fully saturated rings. The van der Waals surface area contributed by atoms with Crippen LogP contribution in [0.3, 0.4) is 0 Å². The number of ether oxygens (including phenoxy) is 2. The molecule has 6 rings (SSSR count). The number of H-pyrrole nitrogens is 1. The minimum atomic E-state index is -0.765. The van der Waals surface area contributed by atoms with Gasteiger partial charge in [-0.3, -0.25) is 4.79 Å². The molecule has 1 aliphatic carbocycles. The van der Waals surface area contributed by atoms with Gasteiger partial charge in [-0.05, 0) is 80.0 Å². The van der Waals surface area contributed by atoms with Crippen molar-refractivity contribution in [3.8, 4) is 11.1 Å². The Labute approximate surface area is 268 Å². The number of carbonyl (C=O) groups excluding carboxylic acids is 2. The van der Waals surface area contributed by atoms with E-state index >= 15 is 0 Å². The monoisotopic (exact) mass is 620 g/mol. The molecule has 46 heavy (non-hydrogen) atoms. The van der Waals surface area contributed by atoms with Crippen molar-refractivity contribution in [3.05, 3.63) is 111 Å². The van der Waals surface area contributed by atoms with E-state index in [1.165, 1.54) is 6.20 Å². The molecular weight excluding hydrogens is 583 g/mol. The van der Waals surface area contributed by atoms with E-state index < -0.39 is 35.8 Å². The van der Waals surface area contributed by atoms with Gasteiger partial charge in [0.05, 0.1) is 17.8 Å². The van der Waals surface area contributed by atoms with E-state index in [1.807, 2.05) is 64.1 Å². The summed E-state index contributed by atoms with van der Waals surface area (Å²) in [6.45, 7) is 9.92. The first kappa shape index (κ1) is 31.3. The lowest BCUT2D eigenvalue weighted by Gasteiger charge is -2.32. The third-order valence-corrected chi connectivity index (χ3v) is 9.09. The molecule has 0 saturated carbocycles. The van der Waals surface area contributed by atoms with Crippen LogP contribution in [-0.4, -0.2) is 55.1 Å². The number of pyridine rings is 1. The van der Waals surface area contributed by atoms with Crippen LogP contribution in [0.15, 0.2) is 83.2 Å². The maximum atomic E-state index is 13.2. The van der Waals surface area contributed by atoms with Gasteiger partial charge >= 0.3 is 19.2 Å². The number of fused-ring (bicyclic) bond motifs is 4. The number of nitrogens with one attached hydrogen (secondary N) is 2. The summed E-state index contributed by atoms with van der Waals surface area (Å²) in [6, 6.07) is 21.6. The molecule has 0 atom stereocenters. The van der Waals surface area contributed by atoms with Crippen molar-refractivity contribution in [2.45, 2.75) is 51.7 Å². The van der Waals surface area contributed by atoms with E-state index in [2.05, 4.69) is 34.6 Å². The molecule has 0 unspecified atom stereocenters. The van der Waals surface area contributed by atoms with Gasteiger partial charge in [-0.25, -0.2) is 9.59 Å². The van der Waals surface area contributed by atoms with Crippen LogP contribution in [0, 0.1) is 0 Å². The highest BCUT2D eigenvalue weighted by Crippen LogP contribution is 2.44. The normalized spacial score (nSPS) is 16.6. The van der Waals surface area contributed by atoms with Gasteiger partial charge < -0.3 is 29.1 Å². The summed E-state index contributed by atoms with van der Waals surface area (Å²) >= 11 is 0. The number of amides is 1. The number of esters is 1. The molecule has 2 N–H and O–H groups in total. The fraction of sp³-hybridized carbons (Fsp3) is 0.306. The Balaban J connectivity index is 1.24. The van der Waals surface area contributed by atoms with Crippen molar-refractivity contribution >= 4 is 36.2 Å². The summed E-state index contributed by atoms with van der Waals surface area (Å²) in [5.41, 5.74) is 4.70. The number of aromatic amines is 1. The predicted molar refractivity (Wildman–Crippen MR) is 178 cm³/mol. The van der Waals surface area contributed by atoms with Crippen molar-refractivity contribution in [2.75, 3.05) is 19.8 Å². The number of hydrogen-bond acceptors (Lipinski definition) is 7. The maximum absolute atomic E-state index is 13.2. The third kappa shape index (κ3) is 5.86. The first-order valence-electron chi connectivity index (χ1n) is 15.5. The molecule has 1 saturated heterocycles. The molecule has 0 bridgehead atoms. The average Bonchev–Trinajstić information content (AvgIpc) is 3.47. The first-order chi connectivity index (χ1) is 22.0. The number of alkyl carbamates (subject to hydrolysis) is 1. The van der Waals surface area contributed by atoms with Crippen molar-refractivity contribution in [1.82, 2.24) is 10.3 Å². The van der Waals surface area contributed by atoms with Crippen LogP contribution in [-0.2, 0) is 18.8 Å². The average molecular weight is 621 g/mol. The summed E-state index contributed by atoms with van der Waals surface area (Å²) in [5, 5.41) is 3.21. The molecule has 1 aliphatic heterocycles. The standard InChI is InChI=1S/C36H37BN2O7/c1-6-43-33(41)29-20-38-31-16-15-22(18-28(31)32(29)40)17-23(37-45-35(2,3)36(4,5)46-37)19-39-34(42)44-21-30-26-13-9-7-11-24(26)25-12-8-10-14-27(25)30/h7-18,20,30H,6,19,21H2,1-5H3,(H,38,40)(H,39,42). The minimum absolute atomic E-state index is 0.0635. The van der Waals surface area contributed by atoms with Crippen LogP contribution < -0.4 is 10.7 Å². The quantitative estimate of drug-likeness (QED) is 0.177. The summed E-state index contributed by atoms with van der Waals surface area (Å²) in [6.07, 6.45) is 2.62. The first-order valence-corrected chi connectivity index (χ1v) is 15.5. The summed E-state index contributed by atoms with van der Waals surface area (Å²) in [5.74, 6) is -0.747. The van der Waals surface area contributed by atoms with Gasteiger partial charge in [-0.15, -0.1) is 0 Å². The molecule has 4 aromatic rings. The van der Waals surface area contributed by atoms with Crippen molar-refractivity contribution in [3.63, 3.8) is 0 Å². The highest BCUT2D eigenvalue weighted by atomic mass is 16.7. The van der Waals surface area contributed by atoms with Gasteiger partial charge in [0.1, 0.15) is 12.2 Å². The van der Waals surface area contributed by atoms with Crippen LogP contribution in [0.25, 0.3) is 28.1 Å². The highest BCUT2D eigenvalue weighted by molar-refractivity contribution is 6.56. The third-order valence-electron chi connectivity index (χ3n) is 9.09. The van der Waals surface area contributed by atoms with Gasteiger partial charge in [0, 0.05) is 29.6 Å². The molecular formula is C36H37BN2O7. The van der Waals surface area contributed by atoms with E-state index in [-0.39, 0.29) is 31.2 Å². The molecule has 2 aliphatic rings. The number of benzene rings is 3. The molecule has 236 valence electrons. The van der Waals surface area contributed by atoms with Crippen LogP contribution in [0.2, 0.25) is 0 Å². The Kier molecular flexibility index (Phi) is 8.35. The fourth-order valence-corrected chi connectivity index (χ4v) is 5.92. The Morgan fingerprint density at radius 3 is 2.20 bits per heavy atom. The Bertz CT molecular complexity index is 1850. The van der Waals surface area contributed by atoms with Crippen molar-refractivity contribution in [2.24, 2.45) is 0 Å². The van der Waals surface area contributed by atoms with Crippen molar-refractivity contribution < 1.29 is 28.4 Å². The maximum Gasteiger partial charge on any atom is 0.492 e. The van der Waals surface area contributed by atoms with Crippen LogP contribution in [0.5, 0.6) is 0 Å². The Morgan fingerprint density at radius 1 is 0.935 bits per heavy atom. The van der Waals surface area contributed by atoms with Crippen LogP contribution in [0.1, 0.15) is 67.6 Å². The van der Waals surface area contributed by atoms with E-state index in [4.69, 9.17) is 18.8 Å². The fourth-order valence-electron chi connectivity index (χ4n) is 5.92.